The van der Waals surface area contributed by atoms with Gasteiger partial charge < -0.3 is 14.6 Å². The summed E-state index contributed by atoms with van der Waals surface area (Å²) in [6.45, 7) is 3.50. The summed E-state index contributed by atoms with van der Waals surface area (Å²) in [6.07, 6.45) is 0.0403. The van der Waals surface area contributed by atoms with Crippen LogP contribution in [-0.2, 0) is 11.2 Å². The molecule has 0 amide bonds. The number of aryl methyl sites for hydroxylation is 1. The van der Waals surface area contributed by atoms with Gasteiger partial charge in [0.25, 0.3) is 0 Å². The monoisotopic (exact) mass is 232 g/mol. The van der Waals surface area contributed by atoms with Gasteiger partial charge in [0.15, 0.2) is 0 Å². The van der Waals surface area contributed by atoms with E-state index in [1.807, 2.05) is 12.1 Å². The molecule has 0 N–H and O–H groups in total. The van der Waals surface area contributed by atoms with E-state index in [1.54, 1.807) is 12.1 Å². The first kappa shape index (κ1) is 15.1. The quantitative estimate of drug-likeness (QED) is 0.552. The van der Waals surface area contributed by atoms with Crippen LogP contribution in [0.4, 0.5) is 0 Å². The van der Waals surface area contributed by atoms with E-state index in [2.05, 4.69) is 6.92 Å². The third-order valence-electron chi connectivity index (χ3n) is 1.98. The fourth-order valence-electron chi connectivity index (χ4n) is 1.06. The number of carboxylic acids is 1. The maximum Gasteiger partial charge on any atom is 1.00 e. The number of carbonyl (C=O) groups excluding carboxylic acids is 1. The number of carboxylic acid groups (broad SMARTS) is 1. The average molecular weight is 232 g/mol. The van der Waals surface area contributed by atoms with E-state index in [4.69, 9.17) is 4.74 Å². The summed E-state index contributed by atoms with van der Waals surface area (Å²) in [7, 11) is 0. The molecular weight excluding hydrogens is 219 g/mol. The minimum absolute atomic E-state index is 0. The molecule has 0 radical (unpaired) electrons. The van der Waals surface area contributed by atoms with Crippen molar-refractivity contribution < 1.29 is 66.0 Å². The van der Waals surface area contributed by atoms with E-state index in [0.29, 0.717) is 5.75 Å². The first-order valence-corrected chi connectivity index (χ1v) is 4.60. The molecule has 0 spiro atoms. The van der Waals surface area contributed by atoms with Crippen LogP contribution >= 0.6 is 0 Å². The van der Waals surface area contributed by atoms with Gasteiger partial charge >= 0.3 is 51.4 Å². The second-order valence-corrected chi connectivity index (χ2v) is 3.08. The largest absolute Gasteiger partial charge is 1.00 e. The summed E-state index contributed by atoms with van der Waals surface area (Å²) in [4.78, 5) is 10.4. The predicted molar refractivity (Wildman–Crippen MR) is 50.9 cm³/mol. The zero-order valence-corrected chi connectivity index (χ0v) is 12.4. The molecule has 0 bridgehead atoms. The van der Waals surface area contributed by atoms with Crippen molar-refractivity contribution in [1.29, 1.82) is 0 Å². The van der Waals surface area contributed by atoms with Gasteiger partial charge in [0.05, 0.1) is 5.97 Å². The number of aliphatic carboxylic acids is 1. The van der Waals surface area contributed by atoms with Crippen LogP contribution < -0.4 is 61.2 Å². The second kappa shape index (κ2) is 7.41. The Labute approximate surface area is 132 Å². The van der Waals surface area contributed by atoms with E-state index >= 15 is 0 Å². The van der Waals surface area contributed by atoms with E-state index in [9.17, 15) is 9.90 Å². The topological polar surface area (TPSA) is 49.4 Å². The molecule has 4 heteroatoms. The van der Waals surface area contributed by atoms with Gasteiger partial charge in [-0.25, -0.2) is 0 Å². The molecule has 0 aliphatic rings. The van der Waals surface area contributed by atoms with Crippen LogP contribution in [0.25, 0.3) is 0 Å². The molecular formula is C11H13KO3. The third-order valence-corrected chi connectivity index (χ3v) is 1.98. The van der Waals surface area contributed by atoms with E-state index in [-0.39, 0.29) is 51.4 Å². The normalized spacial score (nSPS) is 11.3. The molecule has 0 aliphatic carbocycles. The molecule has 1 unspecified atom stereocenters. The second-order valence-electron chi connectivity index (χ2n) is 3.08. The van der Waals surface area contributed by atoms with Crippen molar-refractivity contribution in [2.24, 2.45) is 0 Å². The summed E-state index contributed by atoms with van der Waals surface area (Å²) in [5.41, 5.74) is 1.19. The van der Waals surface area contributed by atoms with Crippen molar-refractivity contribution >= 4 is 5.97 Å². The molecule has 0 aromatic heterocycles. The Morgan fingerprint density at radius 1 is 1.40 bits per heavy atom. The Balaban J connectivity index is 0.00000196. The minimum Gasteiger partial charge on any atom is -0.546 e. The average Bonchev–Trinajstić information content (AvgIpc) is 2.19. The Hall–Kier alpha value is 0.126. The van der Waals surface area contributed by atoms with Gasteiger partial charge in [-0.3, -0.25) is 0 Å². The van der Waals surface area contributed by atoms with E-state index in [1.165, 1.54) is 12.5 Å². The summed E-state index contributed by atoms with van der Waals surface area (Å²) in [5.74, 6) is -0.650. The van der Waals surface area contributed by atoms with Gasteiger partial charge in [-0.05, 0) is 31.0 Å². The molecule has 0 aliphatic heterocycles. The van der Waals surface area contributed by atoms with Crippen LogP contribution in [0.15, 0.2) is 24.3 Å². The van der Waals surface area contributed by atoms with Crippen molar-refractivity contribution in [2.45, 2.75) is 26.4 Å². The van der Waals surface area contributed by atoms with Crippen molar-refractivity contribution in [1.82, 2.24) is 0 Å². The predicted octanol–water partition coefficient (Wildman–Crippen LogP) is -2.23. The number of hydrogen-bond acceptors (Lipinski definition) is 3. The van der Waals surface area contributed by atoms with Gasteiger partial charge in [0.1, 0.15) is 11.9 Å². The van der Waals surface area contributed by atoms with Crippen LogP contribution in [0.1, 0.15) is 19.4 Å². The fraction of sp³-hybridized carbons (Fsp3) is 0.364. The van der Waals surface area contributed by atoms with Crippen LogP contribution in [0.2, 0.25) is 0 Å². The fourth-order valence-corrected chi connectivity index (χ4v) is 1.06. The van der Waals surface area contributed by atoms with Crippen molar-refractivity contribution in [3.05, 3.63) is 29.8 Å². The minimum atomic E-state index is -1.20. The van der Waals surface area contributed by atoms with Gasteiger partial charge in [-0.15, -0.1) is 0 Å². The van der Waals surface area contributed by atoms with Gasteiger partial charge in [-0.1, -0.05) is 19.1 Å². The summed E-state index contributed by atoms with van der Waals surface area (Å²) in [5, 5.41) is 10.4. The van der Waals surface area contributed by atoms with Crippen LogP contribution in [0.3, 0.4) is 0 Å². The molecule has 0 heterocycles. The molecule has 15 heavy (non-hydrogen) atoms. The first-order chi connectivity index (χ1) is 6.63. The SMILES string of the molecule is CCc1ccc(OC(C)C(=O)[O-])cc1.[K+]. The number of carbonyl (C=O) groups is 1. The van der Waals surface area contributed by atoms with Gasteiger partial charge in [0.2, 0.25) is 0 Å². The van der Waals surface area contributed by atoms with Crippen molar-refractivity contribution in [3.63, 3.8) is 0 Å². The molecule has 0 fully saturated rings. The number of benzene rings is 1. The van der Waals surface area contributed by atoms with E-state index in [0.717, 1.165) is 6.42 Å². The van der Waals surface area contributed by atoms with Gasteiger partial charge in [-0.2, -0.15) is 0 Å². The maximum absolute atomic E-state index is 10.4. The first-order valence-electron chi connectivity index (χ1n) is 4.60. The Morgan fingerprint density at radius 3 is 2.33 bits per heavy atom. The Morgan fingerprint density at radius 2 is 1.93 bits per heavy atom. The van der Waals surface area contributed by atoms with Crippen molar-refractivity contribution in [2.75, 3.05) is 0 Å². The smallest absolute Gasteiger partial charge is 0.546 e. The molecule has 0 saturated carbocycles. The molecule has 0 saturated heterocycles. The molecule has 76 valence electrons. The van der Waals surface area contributed by atoms with Crippen LogP contribution in [0.5, 0.6) is 5.75 Å². The zero-order valence-electron chi connectivity index (χ0n) is 9.32. The number of hydrogen-bond donors (Lipinski definition) is 0. The number of rotatable bonds is 4. The standard InChI is InChI=1S/C11H14O3.K/c1-3-9-4-6-10(7-5-9)14-8(2)11(12)13;/h4-8H,3H2,1-2H3,(H,12,13);/q;+1/p-1. The Kier molecular flexibility index (Phi) is 7.47. The molecule has 1 aromatic rings. The summed E-state index contributed by atoms with van der Waals surface area (Å²) < 4.78 is 5.11. The summed E-state index contributed by atoms with van der Waals surface area (Å²) in [6, 6.07) is 7.35. The number of ether oxygens (including phenoxy) is 1. The molecule has 3 nitrogen and oxygen atoms in total. The molecule has 1 aromatic carbocycles. The van der Waals surface area contributed by atoms with Crippen molar-refractivity contribution in [3.8, 4) is 5.75 Å². The zero-order chi connectivity index (χ0) is 10.6. The third kappa shape index (κ3) is 5.13. The maximum atomic E-state index is 10.4. The summed E-state index contributed by atoms with van der Waals surface area (Å²) >= 11 is 0. The molecule has 1 rings (SSSR count). The van der Waals surface area contributed by atoms with Crippen LogP contribution in [0, 0.1) is 0 Å². The van der Waals surface area contributed by atoms with Gasteiger partial charge in [0, 0.05) is 0 Å². The molecule has 1 atom stereocenters. The van der Waals surface area contributed by atoms with E-state index < -0.39 is 12.1 Å². The Bertz CT molecular complexity index is 308. The van der Waals surface area contributed by atoms with Crippen LogP contribution in [-0.4, -0.2) is 12.1 Å².